The minimum absolute atomic E-state index is 0. The predicted molar refractivity (Wildman–Crippen MR) is 59.5 cm³/mol. The molecule has 73 valence electrons. The fraction of sp³-hybridized carbons (Fsp3) is 0.167. The van der Waals surface area contributed by atoms with Crippen molar-refractivity contribution in [2.75, 3.05) is 0 Å². The first-order valence-electron chi connectivity index (χ1n) is 4.15. The zero-order chi connectivity index (χ0) is 8.81. The Morgan fingerprint density at radius 1 is 0.643 bits per heavy atom. The standard InChI is InChI=1S/2C6H7.ClH.Sm/c2*1-6-4-2-3-5-6;;/h2*2-5H,1H3;1H;/q;;;+3. The normalized spacial score (nSPS) is 21.9. The van der Waals surface area contributed by atoms with Gasteiger partial charge in [0.1, 0.15) is 0 Å². The summed E-state index contributed by atoms with van der Waals surface area (Å²) in [4.78, 5) is 0. The van der Waals surface area contributed by atoms with Gasteiger partial charge in [-0.15, -0.1) is 12.4 Å². The Hall–Kier alpha value is 1.63. The van der Waals surface area contributed by atoms with Crippen LogP contribution in [-0.4, -0.2) is 0 Å². The van der Waals surface area contributed by atoms with E-state index >= 15 is 0 Å². The first-order valence-corrected chi connectivity index (χ1v) is 4.15. The largest absolute Gasteiger partial charge is 3.00 e. The van der Waals surface area contributed by atoms with Crippen molar-refractivity contribution in [3.8, 4) is 0 Å². The Kier molecular flexibility index (Phi) is 14.3. The summed E-state index contributed by atoms with van der Waals surface area (Å²) < 4.78 is 0. The molecule has 2 aliphatic carbocycles. The van der Waals surface area contributed by atoms with E-state index in [2.05, 4.69) is 39.5 Å². The molecular weight excluding hydrogens is 330 g/mol. The van der Waals surface area contributed by atoms with Gasteiger partial charge in [-0.1, -0.05) is 13.8 Å². The monoisotopic (exact) mass is 346 g/mol. The molecule has 0 amide bonds. The number of hydrogen-bond donors (Lipinski definition) is 0. The van der Waals surface area contributed by atoms with Crippen LogP contribution in [0.5, 0.6) is 0 Å². The number of hydrogen-bond acceptors (Lipinski definition) is 0. The molecule has 0 aromatic carbocycles. The van der Waals surface area contributed by atoms with Crippen molar-refractivity contribution in [3.63, 3.8) is 0 Å². The minimum Gasteiger partial charge on any atom is -0.147 e. The summed E-state index contributed by atoms with van der Waals surface area (Å²) in [5, 5.41) is 0. The van der Waals surface area contributed by atoms with Crippen LogP contribution in [0.2, 0.25) is 0 Å². The van der Waals surface area contributed by atoms with Crippen LogP contribution in [0, 0.1) is 104 Å². The molecule has 2 rings (SSSR count). The first-order chi connectivity index (χ1) is 5.79. The topological polar surface area (TPSA) is 0 Å². The summed E-state index contributed by atoms with van der Waals surface area (Å²) in [5.74, 6) is 2.69. The van der Waals surface area contributed by atoms with Crippen molar-refractivity contribution in [3.05, 3.63) is 63.2 Å². The van der Waals surface area contributed by atoms with Crippen LogP contribution in [0.25, 0.3) is 0 Å². The maximum absolute atomic E-state index is 2.08. The van der Waals surface area contributed by atoms with Crippen LogP contribution in [0.4, 0.5) is 0 Å². The van der Waals surface area contributed by atoms with Gasteiger partial charge in [-0.25, -0.2) is 0 Å². The van der Waals surface area contributed by atoms with Crippen LogP contribution < -0.4 is 0 Å². The van der Waals surface area contributed by atoms with E-state index in [9.17, 15) is 0 Å². The molecule has 2 saturated carbocycles. The Bertz CT molecular complexity index is 90.9. The second-order valence-electron chi connectivity index (χ2n) is 2.92. The second kappa shape index (κ2) is 11.1. The predicted octanol–water partition coefficient (Wildman–Crippen LogP) is 3.24. The fourth-order valence-electron chi connectivity index (χ4n) is 0.940. The molecule has 2 aliphatic rings. The molecule has 0 nitrogen and oxygen atoms in total. The molecule has 2 fully saturated rings. The molecule has 0 N–H and O–H groups in total. The molecular formula is C12H15ClSm+3. The molecule has 0 aromatic heterocycles. The van der Waals surface area contributed by atoms with Gasteiger partial charge in [0.05, 0.1) is 0 Å². The average molecular weight is 345 g/mol. The Balaban J connectivity index is 0. The van der Waals surface area contributed by atoms with Crippen molar-refractivity contribution in [1.82, 2.24) is 0 Å². The maximum atomic E-state index is 2.08. The summed E-state index contributed by atoms with van der Waals surface area (Å²) in [5.41, 5.74) is 0. The van der Waals surface area contributed by atoms with Crippen molar-refractivity contribution in [1.29, 1.82) is 0 Å². The van der Waals surface area contributed by atoms with Gasteiger partial charge in [0.15, 0.2) is 0 Å². The molecule has 0 heterocycles. The Morgan fingerprint density at radius 2 is 0.857 bits per heavy atom. The smallest absolute Gasteiger partial charge is 0.147 e. The van der Waals surface area contributed by atoms with Crippen LogP contribution in [-0.2, 0) is 0 Å². The van der Waals surface area contributed by atoms with E-state index in [-0.39, 0.29) is 52.8 Å². The van der Waals surface area contributed by atoms with E-state index in [4.69, 9.17) is 0 Å². The molecule has 2 heteroatoms. The molecule has 0 aliphatic heterocycles. The second-order valence-corrected chi connectivity index (χ2v) is 2.92. The van der Waals surface area contributed by atoms with E-state index in [1.165, 1.54) is 11.8 Å². The van der Waals surface area contributed by atoms with Gasteiger partial charge in [-0.2, -0.15) is 0 Å². The summed E-state index contributed by atoms with van der Waals surface area (Å²) >= 11 is 0. The fourth-order valence-corrected chi connectivity index (χ4v) is 0.940. The summed E-state index contributed by atoms with van der Waals surface area (Å²) in [6.45, 7) is 4.17. The Labute approximate surface area is 129 Å². The van der Waals surface area contributed by atoms with Gasteiger partial charge in [0, 0.05) is 0 Å². The van der Waals surface area contributed by atoms with Gasteiger partial charge in [-0.05, 0) is 63.2 Å². The molecule has 0 unspecified atom stereocenters. The maximum Gasteiger partial charge on any atom is 3.00 e. The molecule has 0 spiro atoms. The molecule has 0 aromatic rings. The SMILES string of the molecule is C[C]1[CH][CH][CH][CH]1.C[C]1[CH][CH][CH][CH]1.Cl.[Sm+3]. The zero-order valence-corrected chi connectivity index (χ0v) is 11.9. The molecule has 0 saturated heterocycles. The Morgan fingerprint density at radius 3 is 0.929 bits per heavy atom. The van der Waals surface area contributed by atoms with Gasteiger partial charge in [0.2, 0.25) is 0 Å². The average Bonchev–Trinajstić information content (AvgIpc) is 2.63. The van der Waals surface area contributed by atoms with E-state index in [0.717, 1.165) is 0 Å². The van der Waals surface area contributed by atoms with E-state index in [0.29, 0.717) is 0 Å². The van der Waals surface area contributed by atoms with Crippen molar-refractivity contribution >= 4 is 12.4 Å². The van der Waals surface area contributed by atoms with Gasteiger partial charge >= 0.3 is 40.4 Å². The van der Waals surface area contributed by atoms with Crippen LogP contribution in [0.15, 0.2) is 0 Å². The van der Waals surface area contributed by atoms with Crippen LogP contribution >= 0.6 is 12.4 Å². The first kappa shape index (κ1) is 18.0. The quantitative estimate of drug-likeness (QED) is 0.632. The van der Waals surface area contributed by atoms with E-state index in [1.54, 1.807) is 0 Å². The summed E-state index contributed by atoms with van der Waals surface area (Å²) in [7, 11) is 0. The third-order valence-electron chi connectivity index (χ3n) is 1.66. The third kappa shape index (κ3) is 8.90. The van der Waals surface area contributed by atoms with Crippen LogP contribution in [0.1, 0.15) is 13.8 Å². The van der Waals surface area contributed by atoms with Gasteiger partial charge in [0.25, 0.3) is 0 Å². The molecule has 0 atom stereocenters. The van der Waals surface area contributed by atoms with E-state index < -0.39 is 0 Å². The van der Waals surface area contributed by atoms with Gasteiger partial charge < -0.3 is 0 Å². The molecule has 0 bridgehead atoms. The zero-order valence-electron chi connectivity index (χ0n) is 8.44. The minimum atomic E-state index is 0. The third-order valence-corrected chi connectivity index (χ3v) is 1.66. The van der Waals surface area contributed by atoms with Crippen molar-refractivity contribution in [2.24, 2.45) is 0 Å². The van der Waals surface area contributed by atoms with E-state index in [1.807, 2.05) is 25.7 Å². The summed E-state index contributed by atoms with van der Waals surface area (Å²) in [6, 6.07) is 0. The number of rotatable bonds is 0. The van der Waals surface area contributed by atoms with Crippen LogP contribution in [0.3, 0.4) is 0 Å². The molecule has 14 heavy (non-hydrogen) atoms. The summed E-state index contributed by atoms with van der Waals surface area (Å²) in [6.07, 6.45) is 16.5. The molecule has 11 radical (unpaired) electrons. The number of halogens is 1. The van der Waals surface area contributed by atoms with Gasteiger partial charge in [-0.3, -0.25) is 0 Å². The van der Waals surface area contributed by atoms with Crippen molar-refractivity contribution < 1.29 is 40.4 Å². The van der Waals surface area contributed by atoms with Crippen molar-refractivity contribution in [2.45, 2.75) is 13.8 Å².